The standard InChI is InChI=1S/C14H20N2O2/c1-3-4-5-6-10(2)15-11-7-8-13-12(9-11)16-14(17)18-13/h7-10,15H,3-6H2,1-2H3,(H,16,17). The third kappa shape index (κ3) is 3.15. The molecule has 1 unspecified atom stereocenters. The molecule has 0 aliphatic heterocycles. The number of oxazole rings is 1. The van der Waals surface area contributed by atoms with Crippen LogP contribution >= 0.6 is 0 Å². The second-order valence-corrected chi connectivity index (χ2v) is 4.77. The average Bonchev–Trinajstić information content (AvgIpc) is 2.69. The molecule has 1 aromatic carbocycles. The van der Waals surface area contributed by atoms with Crippen molar-refractivity contribution in [3.05, 3.63) is 28.7 Å². The van der Waals surface area contributed by atoms with E-state index in [0.29, 0.717) is 11.6 Å². The van der Waals surface area contributed by atoms with E-state index >= 15 is 0 Å². The van der Waals surface area contributed by atoms with Gasteiger partial charge in [-0.1, -0.05) is 26.2 Å². The number of nitrogens with one attached hydrogen (secondary N) is 2. The molecule has 2 aromatic rings. The highest BCUT2D eigenvalue weighted by molar-refractivity contribution is 5.76. The number of rotatable bonds is 6. The molecule has 0 bridgehead atoms. The monoisotopic (exact) mass is 248 g/mol. The van der Waals surface area contributed by atoms with Crippen LogP contribution in [0.5, 0.6) is 0 Å². The van der Waals surface area contributed by atoms with Gasteiger partial charge in [-0.3, -0.25) is 4.98 Å². The van der Waals surface area contributed by atoms with E-state index in [1.165, 1.54) is 19.3 Å². The Balaban J connectivity index is 2.00. The predicted molar refractivity (Wildman–Crippen MR) is 74.1 cm³/mol. The van der Waals surface area contributed by atoms with Gasteiger partial charge in [-0.2, -0.15) is 0 Å². The lowest BCUT2D eigenvalue weighted by molar-refractivity contribution is 0.555. The first kappa shape index (κ1) is 12.7. The molecule has 0 aliphatic rings. The van der Waals surface area contributed by atoms with E-state index in [1.807, 2.05) is 18.2 Å². The maximum atomic E-state index is 11.1. The molecule has 0 saturated heterocycles. The van der Waals surface area contributed by atoms with Crippen LogP contribution in [0.4, 0.5) is 5.69 Å². The number of unbranched alkanes of at least 4 members (excludes halogenated alkanes) is 2. The van der Waals surface area contributed by atoms with Crippen LogP contribution in [0.1, 0.15) is 39.5 Å². The van der Waals surface area contributed by atoms with Gasteiger partial charge in [0.2, 0.25) is 0 Å². The molecule has 0 aliphatic carbocycles. The summed E-state index contributed by atoms with van der Waals surface area (Å²) in [6.07, 6.45) is 4.93. The zero-order valence-corrected chi connectivity index (χ0v) is 11.0. The van der Waals surface area contributed by atoms with Gasteiger partial charge in [0.1, 0.15) is 0 Å². The van der Waals surface area contributed by atoms with Crippen molar-refractivity contribution in [3.63, 3.8) is 0 Å². The van der Waals surface area contributed by atoms with Crippen molar-refractivity contribution >= 4 is 16.8 Å². The van der Waals surface area contributed by atoms with E-state index in [4.69, 9.17) is 4.42 Å². The number of aromatic amines is 1. The lowest BCUT2D eigenvalue weighted by atomic mass is 10.1. The molecule has 0 saturated carbocycles. The number of benzene rings is 1. The quantitative estimate of drug-likeness (QED) is 0.769. The van der Waals surface area contributed by atoms with Gasteiger partial charge >= 0.3 is 5.76 Å². The summed E-state index contributed by atoms with van der Waals surface area (Å²) in [5.74, 6) is -0.404. The van der Waals surface area contributed by atoms with E-state index in [-0.39, 0.29) is 0 Å². The molecule has 1 atom stereocenters. The number of hydrogen-bond donors (Lipinski definition) is 2. The molecule has 1 heterocycles. The average molecular weight is 248 g/mol. The molecule has 18 heavy (non-hydrogen) atoms. The van der Waals surface area contributed by atoms with Crippen LogP contribution in [-0.4, -0.2) is 11.0 Å². The maximum absolute atomic E-state index is 11.1. The first-order valence-corrected chi connectivity index (χ1v) is 6.58. The Hall–Kier alpha value is -1.71. The van der Waals surface area contributed by atoms with Crippen LogP contribution in [0.2, 0.25) is 0 Å². The van der Waals surface area contributed by atoms with Crippen molar-refractivity contribution < 1.29 is 4.42 Å². The highest BCUT2D eigenvalue weighted by Gasteiger charge is 2.05. The molecule has 0 fully saturated rings. The molecule has 4 heteroatoms. The lowest BCUT2D eigenvalue weighted by Crippen LogP contribution is -2.14. The highest BCUT2D eigenvalue weighted by atomic mass is 16.4. The summed E-state index contributed by atoms with van der Waals surface area (Å²) in [5.41, 5.74) is 2.36. The van der Waals surface area contributed by atoms with Gasteiger partial charge in [-0.15, -0.1) is 0 Å². The molecule has 2 rings (SSSR count). The maximum Gasteiger partial charge on any atom is 0.417 e. The van der Waals surface area contributed by atoms with Crippen LogP contribution in [0, 0.1) is 0 Å². The molecule has 1 aromatic heterocycles. The summed E-state index contributed by atoms with van der Waals surface area (Å²) in [6.45, 7) is 4.39. The van der Waals surface area contributed by atoms with Crippen LogP contribution in [-0.2, 0) is 0 Å². The van der Waals surface area contributed by atoms with Crippen molar-refractivity contribution in [2.45, 2.75) is 45.6 Å². The minimum atomic E-state index is -0.404. The number of fused-ring (bicyclic) bond motifs is 1. The van der Waals surface area contributed by atoms with Crippen molar-refractivity contribution in [2.24, 2.45) is 0 Å². The topological polar surface area (TPSA) is 58.0 Å². The van der Waals surface area contributed by atoms with Crippen molar-refractivity contribution in [3.8, 4) is 0 Å². The number of aromatic nitrogens is 1. The largest absolute Gasteiger partial charge is 0.417 e. The van der Waals surface area contributed by atoms with Gasteiger partial charge in [-0.25, -0.2) is 4.79 Å². The van der Waals surface area contributed by atoms with E-state index < -0.39 is 5.76 Å². The fraction of sp³-hybridized carbons (Fsp3) is 0.500. The van der Waals surface area contributed by atoms with Crippen LogP contribution in [0.3, 0.4) is 0 Å². The zero-order valence-electron chi connectivity index (χ0n) is 11.0. The summed E-state index contributed by atoms with van der Waals surface area (Å²) in [5, 5.41) is 3.44. The molecule has 2 N–H and O–H groups in total. The molecule has 0 amide bonds. The van der Waals surface area contributed by atoms with Gasteiger partial charge in [-0.05, 0) is 31.5 Å². The Kier molecular flexibility index (Phi) is 4.07. The predicted octanol–water partition coefficient (Wildman–Crippen LogP) is 3.50. The Morgan fingerprint density at radius 1 is 1.39 bits per heavy atom. The highest BCUT2D eigenvalue weighted by Crippen LogP contribution is 2.18. The Bertz CT molecular complexity index is 556. The summed E-state index contributed by atoms with van der Waals surface area (Å²) in [4.78, 5) is 13.7. The number of anilines is 1. The first-order valence-electron chi connectivity index (χ1n) is 6.58. The molecule has 4 nitrogen and oxygen atoms in total. The Morgan fingerprint density at radius 2 is 2.22 bits per heavy atom. The fourth-order valence-corrected chi connectivity index (χ4v) is 2.10. The van der Waals surface area contributed by atoms with Gasteiger partial charge in [0.15, 0.2) is 5.58 Å². The Morgan fingerprint density at radius 3 is 3.00 bits per heavy atom. The van der Waals surface area contributed by atoms with Gasteiger partial charge in [0.05, 0.1) is 5.52 Å². The SMILES string of the molecule is CCCCCC(C)Nc1ccc2oc(=O)[nH]c2c1. The third-order valence-corrected chi connectivity index (χ3v) is 3.07. The van der Waals surface area contributed by atoms with Crippen LogP contribution in [0.15, 0.2) is 27.4 Å². The second-order valence-electron chi connectivity index (χ2n) is 4.77. The minimum absolute atomic E-state index is 0.404. The molecule has 98 valence electrons. The van der Waals surface area contributed by atoms with Crippen molar-refractivity contribution in [1.29, 1.82) is 0 Å². The number of hydrogen-bond acceptors (Lipinski definition) is 3. The van der Waals surface area contributed by atoms with Crippen LogP contribution < -0.4 is 11.1 Å². The summed E-state index contributed by atoms with van der Waals surface area (Å²) in [6, 6.07) is 6.10. The summed E-state index contributed by atoms with van der Waals surface area (Å²) >= 11 is 0. The minimum Gasteiger partial charge on any atom is -0.408 e. The van der Waals surface area contributed by atoms with Gasteiger partial charge in [0.25, 0.3) is 0 Å². The second kappa shape index (κ2) is 5.76. The van der Waals surface area contributed by atoms with Crippen molar-refractivity contribution in [2.75, 3.05) is 5.32 Å². The van der Waals surface area contributed by atoms with Crippen molar-refractivity contribution in [1.82, 2.24) is 4.98 Å². The van der Waals surface area contributed by atoms with Crippen LogP contribution in [0.25, 0.3) is 11.1 Å². The van der Waals surface area contributed by atoms with E-state index in [9.17, 15) is 4.79 Å². The Labute approximate surface area is 106 Å². The molecule has 0 spiro atoms. The van der Waals surface area contributed by atoms with Gasteiger partial charge in [0, 0.05) is 11.7 Å². The smallest absolute Gasteiger partial charge is 0.408 e. The molecular formula is C14H20N2O2. The fourth-order valence-electron chi connectivity index (χ4n) is 2.10. The lowest BCUT2D eigenvalue weighted by Gasteiger charge is -2.14. The summed E-state index contributed by atoms with van der Waals surface area (Å²) < 4.78 is 4.97. The van der Waals surface area contributed by atoms with E-state index in [2.05, 4.69) is 24.1 Å². The zero-order chi connectivity index (χ0) is 13.0. The third-order valence-electron chi connectivity index (χ3n) is 3.07. The molecular weight excluding hydrogens is 228 g/mol. The number of H-pyrrole nitrogens is 1. The van der Waals surface area contributed by atoms with E-state index in [1.54, 1.807) is 0 Å². The van der Waals surface area contributed by atoms with E-state index in [0.717, 1.165) is 17.6 Å². The normalized spacial score (nSPS) is 12.8. The van der Waals surface area contributed by atoms with Gasteiger partial charge < -0.3 is 9.73 Å². The first-order chi connectivity index (χ1) is 8.69. The molecule has 0 radical (unpaired) electrons. The summed E-state index contributed by atoms with van der Waals surface area (Å²) in [7, 11) is 0.